The Labute approximate surface area is 186 Å². The summed E-state index contributed by atoms with van der Waals surface area (Å²) in [5.41, 5.74) is 1.94. The lowest BCUT2D eigenvalue weighted by Crippen LogP contribution is -2.29. The van der Waals surface area contributed by atoms with Crippen molar-refractivity contribution in [2.75, 3.05) is 6.54 Å². The van der Waals surface area contributed by atoms with Gasteiger partial charge < -0.3 is 9.84 Å². The second-order valence-electron chi connectivity index (χ2n) is 6.31. The minimum atomic E-state index is -0.881. The van der Waals surface area contributed by atoms with Crippen molar-refractivity contribution in [1.82, 2.24) is 4.90 Å². The Balaban J connectivity index is 1.58. The van der Waals surface area contributed by atoms with Crippen LogP contribution in [0.5, 0.6) is 5.75 Å². The molecule has 2 aromatic rings. The van der Waals surface area contributed by atoms with Crippen LogP contribution in [-0.4, -0.2) is 32.7 Å². The van der Waals surface area contributed by atoms with Crippen molar-refractivity contribution in [3.05, 3.63) is 69.0 Å². The van der Waals surface area contributed by atoms with Crippen LogP contribution in [0, 0.1) is 0 Å². The van der Waals surface area contributed by atoms with Crippen LogP contribution in [-0.2, 0) is 16.2 Å². The number of hydrogen-bond acceptors (Lipinski definition) is 5. The lowest BCUT2D eigenvalue weighted by atomic mass is 10.2. The van der Waals surface area contributed by atoms with Crippen molar-refractivity contribution in [3.8, 4) is 5.75 Å². The molecule has 0 aliphatic carbocycles. The Morgan fingerprint density at radius 1 is 1.17 bits per heavy atom. The fourth-order valence-electron chi connectivity index (χ4n) is 2.64. The maximum Gasteiger partial charge on any atom is 0.303 e. The van der Waals surface area contributed by atoms with Crippen molar-refractivity contribution in [2.45, 2.75) is 19.4 Å². The Hall–Kier alpha value is -2.16. The molecule has 1 N–H and O–H groups in total. The highest BCUT2D eigenvalue weighted by Gasteiger charge is 2.31. The van der Waals surface area contributed by atoms with Crippen molar-refractivity contribution < 1.29 is 19.4 Å². The molecule has 5 nitrogen and oxygen atoms in total. The van der Waals surface area contributed by atoms with Gasteiger partial charge in [-0.3, -0.25) is 14.5 Å². The fourth-order valence-corrected chi connectivity index (χ4v) is 4.21. The van der Waals surface area contributed by atoms with Gasteiger partial charge in [-0.1, -0.05) is 64.2 Å². The Morgan fingerprint density at radius 3 is 2.52 bits per heavy atom. The molecule has 0 aromatic heterocycles. The summed E-state index contributed by atoms with van der Waals surface area (Å²) >= 11 is 9.90. The number of carboxylic acid groups (broad SMARTS) is 1. The van der Waals surface area contributed by atoms with E-state index in [9.17, 15) is 9.59 Å². The molecule has 1 fully saturated rings. The molecule has 1 aliphatic heterocycles. The molecule has 0 unspecified atom stereocenters. The number of carbonyl (C=O) groups excluding carboxylic acids is 1. The monoisotopic (exact) mass is 491 g/mol. The van der Waals surface area contributed by atoms with Crippen LogP contribution in [0.1, 0.15) is 24.0 Å². The van der Waals surface area contributed by atoms with E-state index in [2.05, 4.69) is 15.9 Å². The minimum absolute atomic E-state index is 0.0117. The van der Waals surface area contributed by atoms with Crippen LogP contribution < -0.4 is 4.74 Å². The molecule has 8 heteroatoms. The number of rotatable bonds is 8. The van der Waals surface area contributed by atoms with E-state index >= 15 is 0 Å². The zero-order chi connectivity index (χ0) is 20.8. The van der Waals surface area contributed by atoms with Gasteiger partial charge in [-0.05, 0) is 47.9 Å². The van der Waals surface area contributed by atoms with Gasteiger partial charge >= 0.3 is 5.97 Å². The lowest BCUT2D eigenvalue weighted by Gasteiger charge is -2.13. The highest BCUT2D eigenvalue weighted by Crippen LogP contribution is 2.33. The summed E-state index contributed by atoms with van der Waals surface area (Å²) in [4.78, 5) is 25.2. The van der Waals surface area contributed by atoms with Gasteiger partial charge in [-0.25, -0.2) is 0 Å². The molecule has 1 amide bonds. The van der Waals surface area contributed by atoms with Gasteiger partial charge in [0.1, 0.15) is 16.7 Å². The van der Waals surface area contributed by atoms with Gasteiger partial charge in [0.05, 0.1) is 4.91 Å². The van der Waals surface area contributed by atoms with Crippen LogP contribution >= 0.6 is 39.9 Å². The summed E-state index contributed by atoms with van der Waals surface area (Å²) in [5, 5.41) is 8.74. The van der Waals surface area contributed by atoms with Crippen molar-refractivity contribution in [2.24, 2.45) is 0 Å². The molecule has 0 atom stereocenters. The summed E-state index contributed by atoms with van der Waals surface area (Å²) in [6.07, 6.45) is 2.17. The van der Waals surface area contributed by atoms with E-state index in [1.165, 1.54) is 16.7 Å². The van der Waals surface area contributed by atoms with Crippen LogP contribution in [0.15, 0.2) is 57.9 Å². The average molecular weight is 492 g/mol. The molecule has 0 radical (unpaired) electrons. The standard InChI is InChI=1S/C21H18BrNO4S2/c22-16-7-3-15(4-8-16)13-27-17-9-5-14(6-10-17)12-18-20(26)23(21(28)29-18)11-1-2-19(24)25/h3-10,12H,1-2,11,13H2,(H,24,25). The number of aliphatic carboxylic acids is 1. The maximum atomic E-state index is 12.5. The number of benzene rings is 2. The number of nitrogens with zero attached hydrogens (tertiary/aromatic N) is 1. The van der Waals surface area contributed by atoms with E-state index in [1.807, 2.05) is 48.5 Å². The predicted octanol–water partition coefficient (Wildman–Crippen LogP) is 5.09. The summed E-state index contributed by atoms with van der Waals surface area (Å²) in [7, 11) is 0. The molecule has 150 valence electrons. The normalized spacial score (nSPS) is 15.2. The quantitative estimate of drug-likeness (QED) is 0.409. The van der Waals surface area contributed by atoms with Gasteiger partial charge in [0.25, 0.3) is 5.91 Å². The maximum absolute atomic E-state index is 12.5. The van der Waals surface area contributed by atoms with E-state index in [1.54, 1.807) is 6.08 Å². The summed E-state index contributed by atoms with van der Waals surface area (Å²) < 4.78 is 7.28. The molecule has 2 aromatic carbocycles. The zero-order valence-corrected chi connectivity index (χ0v) is 18.6. The summed E-state index contributed by atoms with van der Waals surface area (Å²) in [6, 6.07) is 15.4. The van der Waals surface area contributed by atoms with Gasteiger partial charge in [0.2, 0.25) is 0 Å². The number of halogens is 1. The number of amides is 1. The van der Waals surface area contributed by atoms with E-state index in [0.717, 1.165) is 21.3 Å². The van der Waals surface area contributed by atoms with Crippen LogP contribution in [0.3, 0.4) is 0 Å². The largest absolute Gasteiger partial charge is 0.489 e. The number of ether oxygens (including phenoxy) is 1. The number of thiocarbonyl (C=S) groups is 1. The van der Waals surface area contributed by atoms with Crippen molar-refractivity contribution >= 4 is 62.2 Å². The SMILES string of the molecule is O=C(O)CCCN1C(=O)C(=Cc2ccc(OCc3ccc(Br)cc3)cc2)SC1=S. The van der Waals surface area contributed by atoms with Gasteiger partial charge in [-0.2, -0.15) is 0 Å². The van der Waals surface area contributed by atoms with Crippen LogP contribution in [0.4, 0.5) is 0 Å². The zero-order valence-electron chi connectivity index (χ0n) is 15.3. The first-order valence-electron chi connectivity index (χ1n) is 8.87. The van der Waals surface area contributed by atoms with E-state index in [-0.39, 0.29) is 12.3 Å². The van der Waals surface area contributed by atoms with E-state index in [0.29, 0.717) is 28.8 Å². The molecule has 0 bridgehead atoms. The average Bonchev–Trinajstić information content (AvgIpc) is 2.96. The third kappa shape index (κ3) is 6.16. The van der Waals surface area contributed by atoms with Crippen LogP contribution in [0.25, 0.3) is 6.08 Å². The molecule has 1 saturated heterocycles. The molecule has 0 spiro atoms. The number of thioether (sulfide) groups is 1. The van der Waals surface area contributed by atoms with E-state index < -0.39 is 5.97 Å². The second kappa shape index (κ2) is 10.0. The van der Waals surface area contributed by atoms with Crippen LogP contribution in [0.2, 0.25) is 0 Å². The summed E-state index contributed by atoms with van der Waals surface area (Å²) in [6.45, 7) is 0.790. The van der Waals surface area contributed by atoms with Crippen molar-refractivity contribution in [3.63, 3.8) is 0 Å². The Morgan fingerprint density at radius 2 is 1.86 bits per heavy atom. The van der Waals surface area contributed by atoms with Gasteiger partial charge in [-0.15, -0.1) is 0 Å². The third-order valence-corrected chi connectivity index (χ3v) is 6.05. The predicted molar refractivity (Wildman–Crippen MR) is 122 cm³/mol. The molecule has 3 rings (SSSR count). The molecular weight excluding hydrogens is 474 g/mol. The molecule has 1 heterocycles. The number of hydrogen-bond donors (Lipinski definition) is 1. The fraction of sp³-hybridized carbons (Fsp3) is 0.190. The first-order valence-corrected chi connectivity index (χ1v) is 10.9. The summed E-state index contributed by atoms with van der Waals surface area (Å²) in [5.74, 6) is -0.319. The molecule has 0 saturated carbocycles. The highest BCUT2D eigenvalue weighted by molar-refractivity contribution is 9.10. The van der Waals surface area contributed by atoms with E-state index in [4.69, 9.17) is 22.1 Å². The second-order valence-corrected chi connectivity index (χ2v) is 8.91. The highest BCUT2D eigenvalue weighted by atomic mass is 79.9. The third-order valence-electron chi connectivity index (χ3n) is 4.14. The Kier molecular flexibility index (Phi) is 7.46. The molecule has 29 heavy (non-hydrogen) atoms. The first-order chi connectivity index (χ1) is 13.9. The molecule has 1 aliphatic rings. The number of carboxylic acids is 1. The smallest absolute Gasteiger partial charge is 0.303 e. The van der Waals surface area contributed by atoms with Crippen molar-refractivity contribution in [1.29, 1.82) is 0 Å². The number of carbonyl (C=O) groups is 2. The Bertz CT molecular complexity index is 942. The molecular formula is C21H18BrNO4S2. The van der Waals surface area contributed by atoms with Gasteiger partial charge in [0.15, 0.2) is 0 Å². The first kappa shape index (κ1) is 21.5. The minimum Gasteiger partial charge on any atom is -0.489 e. The lowest BCUT2D eigenvalue weighted by molar-refractivity contribution is -0.137. The van der Waals surface area contributed by atoms with Gasteiger partial charge in [0, 0.05) is 17.4 Å². The topological polar surface area (TPSA) is 66.8 Å².